The van der Waals surface area contributed by atoms with Crippen LogP contribution in [0.25, 0.3) is 0 Å². The first-order chi connectivity index (χ1) is 7.63. The van der Waals surface area contributed by atoms with E-state index in [-0.39, 0.29) is 11.0 Å². The Morgan fingerprint density at radius 2 is 1.82 bits per heavy atom. The molecule has 0 saturated heterocycles. The Morgan fingerprint density at radius 3 is 2.35 bits per heavy atom. The maximum Gasteiger partial charge on any atom is 0.346 e. The van der Waals surface area contributed by atoms with E-state index in [0.717, 1.165) is 0 Å². The molecule has 92 valence electrons. The van der Waals surface area contributed by atoms with Gasteiger partial charge in [-0.15, -0.1) is 0 Å². The van der Waals surface area contributed by atoms with Gasteiger partial charge in [0.2, 0.25) is 0 Å². The SMILES string of the molecule is CC(C)(C)c1nc2c(c(=O)[nH]1)C(=O)OC2(C)C. The zero-order valence-electron chi connectivity index (χ0n) is 10.7. The standard InChI is InChI=1S/C12H16N2O3/c1-11(2,3)10-13-7-6(8(15)14-10)9(16)17-12(7,4)5/h1-5H3,(H,13,14,15). The summed E-state index contributed by atoms with van der Waals surface area (Å²) in [5.74, 6) is -0.0353. The molecule has 1 N–H and O–H groups in total. The third kappa shape index (κ3) is 1.75. The minimum Gasteiger partial charge on any atom is -0.449 e. The molecule has 2 heterocycles. The van der Waals surface area contributed by atoms with Crippen LogP contribution in [0.4, 0.5) is 0 Å². The minimum atomic E-state index is -0.833. The summed E-state index contributed by atoms with van der Waals surface area (Å²) in [5, 5.41) is 0. The van der Waals surface area contributed by atoms with Crippen LogP contribution in [-0.4, -0.2) is 15.9 Å². The van der Waals surface area contributed by atoms with Crippen LogP contribution in [0.2, 0.25) is 0 Å². The highest BCUT2D eigenvalue weighted by Gasteiger charge is 2.42. The third-order valence-electron chi connectivity index (χ3n) is 2.75. The van der Waals surface area contributed by atoms with Gasteiger partial charge in [0.25, 0.3) is 5.56 Å². The number of aromatic amines is 1. The maximum absolute atomic E-state index is 11.9. The van der Waals surface area contributed by atoms with Crippen molar-refractivity contribution < 1.29 is 9.53 Å². The van der Waals surface area contributed by atoms with Crippen molar-refractivity contribution in [1.82, 2.24) is 9.97 Å². The third-order valence-corrected chi connectivity index (χ3v) is 2.75. The van der Waals surface area contributed by atoms with E-state index in [1.807, 2.05) is 20.8 Å². The fourth-order valence-corrected chi connectivity index (χ4v) is 1.78. The minimum absolute atomic E-state index is 0.0306. The lowest BCUT2D eigenvalue weighted by Crippen LogP contribution is -2.27. The summed E-state index contributed by atoms with van der Waals surface area (Å²) in [7, 11) is 0. The van der Waals surface area contributed by atoms with Gasteiger partial charge in [0.1, 0.15) is 17.1 Å². The van der Waals surface area contributed by atoms with Gasteiger partial charge in [0, 0.05) is 5.41 Å². The molecule has 0 atom stereocenters. The van der Waals surface area contributed by atoms with Crippen LogP contribution in [0, 0.1) is 0 Å². The molecule has 1 aliphatic rings. The lowest BCUT2D eigenvalue weighted by Gasteiger charge is -2.20. The van der Waals surface area contributed by atoms with Crippen molar-refractivity contribution in [3.63, 3.8) is 0 Å². The molecule has 0 saturated carbocycles. The van der Waals surface area contributed by atoms with Gasteiger partial charge in [-0.1, -0.05) is 20.8 Å². The number of esters is 1. The highest BCUT2D eigenvalue weighted by molar-refractivity contribution is 5.93. The summed E-state index contributed by atoms with van der Waals surface area (Å²) in [4.78, 5) is 30.5. The Balaban J connectivity index is 2.75. The number of nitrogens with zero attached hydrogens (tertiary/aromatic N) is 1. The molecular formula is C12H16N2O3. The second-order valence-corrected chi connectivity index (χ2v) is 5.79. The number of aromatic nitrogens is 2. The molecule has 0 amide bonds. The Kier molecular flexibility index (Phi) is 2.21. The molecule has 5 nitrogen and oxygen atoms in total. The Labute approximate surface area is 99.2 Å². The number of H-pyrrole nitrogens is 1. The van der Waals surface area contributed by atoms with Crippen molar-refractivity contribution >= 4 is 5.97 Å². The zero-order chi connectivity index (χ0) is 13.0. The lowest BCUT2D eigenvalue weighted by molar-refractivity contribution is 0.00821. The van der Waals surface area contributed by atoms with Crippen LogP contribution in [0.5, 0.6) is 0 Å². The summed E-state index contributed by atoms with van der Waals surface area (Å²) in [6.45, 7) is 9.30. The maximum atomic E-state index is 11.9. The first-order valence-corrected chi connectivity index (χ1v) is 5.51. The lowest BCUT2D eigenvalue weighted by atomic mass is 9.94. The van der Waals surface area contributed by atoms with Crippen molar-refractivity contribution in [3.8, 4) is 0 Å². The van der Waals surface area contributed by atoms with Gasteiger partial charge in [-0.3, -0.25) is 4.79 Å². The number of cyclic esters (lactones) is 1. The van der Waals surface area contributed by atoms with Gasteiger partial charge < -0.3 is 9.72 Å². The van der Waals surface area contributed by atoms with Crippen LogP contribution >= 0.6 is 0 Å². The first-order valence-electron chi connectivity index (χ1n) is 5.51. The summed E-state index contributed by atoms with van der Waals surface area (Å²) < 4.78 is 5.15. The predicted octanol–water partition coefficient (Wildman–Crippen LogP) is 1.47. The van der Waals surface area contributed by atoms with Gasteiger partial charge in [0.05, 0.1) is 0 Å². The molecule has 2 rings (SSSR count). The van der Waals surface area contributed by atoms with Crippen molar-refractivity contribution in [2.75, 3.05) is 0 Å². The number of hydrogen-bond acceptors (Lipinski definition) is 4. The Bertz CT molecular complexity index is 550. The molecule has 0 fully saturated rings. The monoisotopic (exact) mass is 236 g/mol. The van der Waals surface area contributed by atoms with Crippen LogP contribution in [0.3, 0.4) is 0 Å². The van der Waals surface area contributed by atoms with E-state index in [1.54, 1.807) is 13.8 Å². The molecule has 0 aliphatic carbocycles. The van der Waals surface area contributed by atoms with Crippen LogP contribution in [-0.2, 0) is 15.8 Å². The van der Waals surface area contributed by atoms with E-state index in [9.17, 15) is 9.59 Å². The zero-order valence-corrected chi connectivity index (χ0v) is 10.7. The van der Waals surface area contributed by atoms with Crippen molar-refractivity contribution in [2.24, 2.45) is 0 Å². The second kappa shape index (κ2) is 3.18. The van der Waals surface area contributed by atoms with Crippen molar-refractivity contribution in [3.05, 3.63) is 27.4 Å². The fourth-order valence-electron chi connectivity index (χ4n) is 1.78. The predicted molar refractivity (Wildman–Crippen MR) is 62.0 cm³/mol. The quantitative estimate of drug-likeness (QED) is 0.692. The molecule has 0 aromatic carbocycles. The second-order valence-electron chi connectivity index (χ2n) is 5.79. The summed E-state index contributed by atoms with van der Waals surface area (Å²) in [6.07, 6.45) is 0. The molecule has 1 aromatic rings. The van der Waals surface area contributed by atoms with E-state index in [2.05, 4.69) is 9.97 Å². The van der Waals surface area contributed by atoms with E-state index < -0.39 is 17.1 Å². The average molecular weight is 236 g/mol. The van der Waals surface area contributed by atoms with Gasteiger partial charge in [-0.25, -0.2) is 9.78 Å². The van der Waals surface area contributed by atoms with Crippen LogP contribution in [0.15, 0.2) is 4.79 Å². The molecule has 17 heavy (non-hydrogen) atoms. The van der Waals surface area contributed by atoms with Crippen LogP contribution < -0.4 is 5.56 Å². The van der Waals surface area contributed by atoms with Crippen molar-refractivity contribution in [2.45, 2.75) is 45.6 Å². The molecular weight excluding hydrogens is 220 g/mol. The number of rotatable bonds is 0. The number of fused-ring (bicyclic) bond motifs is 1. The smallest absolute Gasteiger partial charge is 0.346 e. The fraction of sp³-hybridized carbons (Fsp3) is 0.583. The van der Waals surface area contributed by atoms with Gasteiger partial charge in [-0.2, -0.15) is 0 Å². The van der Waals surface area contributed by atoms with E-state index in [4.69, 9.17) is 4.74 Å². The van der Waals surface area contributed by atoms with E-state index in [1.165, 1.54) is 0 Å². The molecule has 0 unspecified atom stereocenters. The summed E-state index contributed by atoms with van der Waals surface area (Å²) >= 11 is 0. The summed E-state index contributed by atoms with van der Waals surface area (Å²) in [5.41, 5.74) is -1.08. The van der Waals surface area contributed by atoms with E-state index >= 15 is 0 Å². The largest absolute Gasteiger partial charge is 0.449 e. The number of nitrogens with one attached hydrogen (secondary N) is 1. The molecule has 1 aromatic heterocycles. The molecule has 0 bridgehead atoms. The Hall–Kier alpha value is -1.65. The van der Waals surface area contributed by atoms with Crippen LogP contribution in [0.1, 0.15) is 56.5 Å². The first kappa shape index (κ1) is 11.8. The highest BCUT2D eigenvalue weighted by Crippen LogP contribution is 2.33. The topological polar surface area (TPSA) is 72.0 Å². The normalized spacial score (nSPS) is 17.8. The molecule has 0 radical (unpaired) electrons. The number of ether oxygens (including phenoxy) is 1. The van der Waals surface area contributed by atoms with E-state index in [0.29, 0.717) is 11.5 Å². The molecule has 1 aliphatic heterocycles. The van der Waals surface area contributed by atoms with Gasteiger partial charge in [0.15, 0.2) is 5.56 Å². The van der Waals surface area contributed by atoms with Gasteiger partial charge in [-0.05, 0) is 13.8 Å². The average Bonchev–Trinajstić information content (AvgIpc) is 2.35. The van der Waals surface area contributed by atoms with Crippen molar-refractivity contribution in [1.29, 1.82) is 0 Å². The highest BCUT2D eigenvalue weighted by atomic mass is 16.6. The number of carbonyl (C=O) groups is 1. The molecule has 5 heteroatoms. The van der Waals surface area contributed by atoms with Gasteiger partial charge >= 0.3 is 5.97 Å². The molecule has 0 spiro atoms. The number of hydrogen-bond donors (Lipinski definition) is 1. The Morgan fingerprint density at radius 1 is 1.24 bits per heavy atom. The summed E-state index contributed by atoms with van der Waals surface area (Å²) in [6, 6.07) is 0. The number of carbonyl (C=O) groups excluding carboxylic acids is 1.